The molecule has 0 amide bonds. The highest BCUT2D eigenvalue weighted by Crippen LogP contribution is 2.21. The SMILES string of the molecule is Cc1nc(C(C)(C)N(C)C)nn1C. The summed E-state index contributed by atoms with van der Waals surface area (Å²) in [6, 6.07) is 0. The first-order valence-electron chi connectivity index (χ1n) is 4.41. The van der Waals surface area contributed by atoms with E-state index in [4.69, 9.17) is 0 Å². The molecule has 74 valence electrons. The minimum absolute atomic E-state index is 0.105. The molecule has 1 aromatic rings. The van der Waals surface area contributed by atoms with E-state index < -0.39 is 0 Å². The van der Waals surface area contributed by atoms with Gasteiger partial charge in [-0.3, -0.25) is 9.58 Å². The predicted octanol–water partition coefficient (Wildman–Crippen LogP) is 0.920. The molecule has 0 unspecified atom stereocenters. The fourth-order valence-electron chi connectivity index (χ4n) is 0.922. The van der Waals surface area contributed by atoms with Crippen molar-refractivity contribution >= 4 is 0 Å². The Balaban J connectivity index is 3.07. The molecule has 0 aliphatic carbocycles. The van der Waals surface area contributed by atoms with Crippen LogP contribution in [-0.4, -0.2) is 33.8 Å². The fourth-order valence-corrected chi connectivity index (χ4v) is 0.922. The van der Waals surface area contributed by atoms with Gasteiger partial charge >= 0.3 is 0 Å². The van der Waals surface area contributed by atoms with Crippen LogP contribution in [0.2, 0.25) is 0 Å². The van der Waals surface area contributed by atoms with Gasteiger partial charge in [0.15, 0.2) is 5.82 Å². The summed E-state index contributed by atoms with van der Waals surface area (Å²) in [6.07, 6.45) is 0. The lowest BCUT2D eigenvalue weighted by Gasteiger charge is -2.29. The van der Waals surface area contributed by atoms with Gasteiger partial charge in [0.05, 0.1) is 5.54 Å². The summed E-state index contributed by atoms with van der Waals surface area (Å²) < 4.78 is 1.81. The Morgan fingerprint density at radius 2 is 1.85 bits per heavy atom. The molecule has 0 N–H and O–H groups in total. The quantitative estimate of drug-likeness (QED) is 0.682. The lowest BCUT2D eigenvalue weighted by atomic mass is 10.0. The second kappa shape index (κ2) is 3.10. The van der Waals surface area contributed by atoms with Crippen LogP contribution in [0.5, 0.6) is 0 Å². The van der Waals surface area contributed by atoms with E-state index in [0.717, 1.165) is 11.6 Å². The molecule has 1 heterocycles. The van der Waals surface area contributed by atoms with Gasteiger partial charge < -0.3 is 0 Å². The average molecular weight is 182 g/mol. The van der Waals surface area contributed by atoms with Crippen LogP contribution >= 0.6 is 0 Å². The Morgan fingerprint density at radius 3 is 2.15 bits per heavy atom. The molecule has 0 radical (unpaired) electrons. The van der Waals surface area contributed by atoms with Gasteiger partial charge in [0.1, 0.15) is 5.82 Å². The summed E-state index contributed by atoms with van der Waals surface area (Å²) >= 11 is 0. The summed E-state index contributed by atoms with van der Waals surface area (Å²) in [4.78, 5) is 6.53. The maximum absolute atomic E-state index is 4.41. The molecule has 0 aliphatic rings. The molecule has 4 nitrogen and oxygen atoms in total. The molecule has 0 fully saturated rings. The van der Waals surface area contributed by atoms with E-state index >= 15 is 0 Å². The molecule has 1 rings (SSSR count). The van der Waals surface area contributed by atoms with Gasteiger partial charge in [-0.05, 0) is 34.9 Å². The zero-order valence-corrected chi connectivity index (χ0v) is 9.29. The highest BCUT2D eigenvalue weighted by molar-refractivity contribution is 5.02. The summed E-state index contributed by atoms with van der Waals surface area (Å²) in [5.41, 5.74) is -0.105. The zero-order valence-electron chi connectivity index (χ0n) is 9.29. The van der Waals surface area contributed by atoms with E-state index in [-0.39, 0.29) is 5.54 Å². The smallest absolute Gasteiger partial charge is 0.170 e. The van der Waals surface area contributed by atoms with Gasteiger partial charge in [0.25, 0.3) is 0 Å². The van der Waals surface area contributed by atoms with Gasteiger partial charge in [-0.15, -0.1) is 0 Å². The molecule has 0 spiro atoms. The third kappa shape index (κ3) is 1.72. The maximum atomic E-state index is 4.41. The van der Waals surface area contributed by atoms with Gasteiger partial charge in [0, 0.05) is 7.05 Å². The lowest BCUT2D eigenvalue weighted by Crippen LogP contribution is -2.36. The summed E-state index contributed by atoms with van der Waals surface area (Å²) in [7, 11) is 5.98. The van der Waals surface area contributed by atoms with Crippen LogP contribution in [-0.2, 0) is 12.6 Å². The Labute approximate surface area is 79.6 Å². The van der Waals surface area contributed by atoms with Crippen molar-refractivity contribution < 1.29 is 0 Å². The number of rotatable bonds is 2. The highest BCUT2D eigenvalue weighted by atomic mass is 15.4. The molecule has 0 atom stereocenters. The van der Waals surface area contributed by atoms with Crippen molar-refractivity contribution in [1.29, 1.82) is 0 Å². The van der Waals surface area contributed by atoms with Crippen molar-refractivity contribution in [1.82, 2.24) is 19.7 Å². The molecule has 0 saturated heterocycles. The Kier molecular flexibility index (Phi) is 2.43. The third-order valence-electron chi connectivity index (χ3n) is 2.65. The van der Waals surface area contributed by atoms with Crippen molar-refractivity contribution in [3.63, 3.8) is 0 Å². The van der Waals surface area contributed by atoms with Crippen LogP contribution in [0.25, 0.3) is 0 Å². The molecule has 13 heavy (non-hydrogen) atoms. The normalized spacial score (nSPS) is 12.5. The van der Waals surface area contributed by atoms with E-state index in [0.29, 0.717) is 0 Å². The van der Waals surface area contributed by atoms with Crippen molar-refractivity contribution in [2.45, 2.75) is 26.3 Å². The number of nitrogens with zero attached hydrogens (tertiary/aromatic N) is 4. The second-order valence-electron chi connectivity index (χ2n) is 4.06. The first-order chi connectivity index (χ1) is 5.85. The fraction of sp³-hybridized carbons (Fsp3) is 0.778. The number of aryl methyl sites for hydroxylation is 2. The van der Waals surface area contributed by atoms with Gasteiger partial charge in [-0.1, -0.05) is 0 Å². The summed E-state index contributed by atoms with van der Waals surface area (Å²) in [5.74, 6) is 1.82. The van der Waals surface area contributed by atoms with Crippen LogP contribution in [0.3, 0.4) is 0 Å². The average Bonchev–Trinajstić information content (AvgIpc) is 2.32. The molecule has 0 bridgehead atoms. The van der Waals surface area contributed by atoms with E-state index in [1.54, 1.807) is 4.68 Å². The molecular weight excluding hydrogens is 164 g/mol. The van der Waals surface area contributed by atoms with E-state index in [2.05, 4.69) is 28.8 Å². The zero-order chi connectivity index (χ0) is 10.2. The van der Waals surface area contributed by atoms with Crippen molar-refractivity contribution in [3.8, 4) is 0 Å². The van der Waals surface area contributed by atoms with Crippen molar-refractivity contribution in [2.75, 3.05) is 14.1 Å². The molecule has 4 heteroatoms. The number of hydrogen-bond acceptors (Lipinski definition) is 3. The molecule has 0 saturated carbocycles. The third-order valence-corrected chi connectivity index (χ3v) is 2.65. The summed E-state index contributed by atoms with van der Waals surface area (Å²) in [5, 5.41) is 4.37. The topological polar surface area (TPSA) is 34.0 Å². The monoisotopic (exact) mass is 182 g/mol. The first kappa shape index (κ1) is 10.2. The predicted molar refractivity (Wildman–Crippen MR) is 52.5 cm³/mol. The molecule has 1 aromatic heterocycles. The van der Waals surface area contributed by atoms with Crippen LogP contribution in [0.15, 0.2) is 0 Å². The van der Waals surface area contributed by atoms with E-state index in [1.165, 1.54) is 0 Å². The lowest BCUT2D eigenvalue weighted by molar-refractivity contribution is 0.185. The largest absolute Gasteiger partial charge is 0.297 e. The van der Waals surface area contributed by atoms with Crippen molar-refractivity contribution in [3.05, 3.63) is 11.6 Å². The van der Waals surface area contributed by atoms with Crippen LogP contribution in [0.1, 0.15) is 25.5 Å². The Morgan fingerprint density at radius 1 is 1.31 bits per heavy atom. The van der Waals surface area contributed by atoms with Crippen LogP contribution in [0.4, 0.5) is 0 Å². The van der Waals surface area contributed by atoms with Crippen LogP contribution < -0.4 is 0 Å². The molecular formula is C9H18N4. The second-order valence-corrected chi connectivity index (χ2v) is 4.06. The van der Waals surface area contributed by atoms with Gasteiger partial charge in [-0.25, -0.2) is 4.98 Å². The van der Waals surface area contributed by atoms with E-state index in [9.17, 15) is 0 Å². The van der Waals surface area contributed by atoms with Gasteiger partial charge in [-0.2, -0.15) is 5.10 Å². The Hall–Kier alpha value is -0.900. The van der Waals surface area contributed by atoms with Crippen molar-refractivity contribution in [2.24, 2.45) is 7.05 Å². The first-order valence-corrected chi connectivity index (χ1v) is 4.41. The summed E-state index contributed by atoms with van der Waals surface area (Å²) in [6.45, 7) is 6.19. The minimum atomic E-state index is -0.105. The maximum Gasteiger partial charge on any atom is 0.170 e. The number of aromatic nitrogens is 3. The molecule has 0 aromatic carbocycles. The minimum Gasteiger partial charge on any atom is -0.297 e. The number of hydrogen-bond donors (Lipinski definition) is 0. The Bertz CT molecular complexity index is 279. The van der Waals surface area contributed by atoms with Gasteiger partial charge in [0.2, 0.25) is 0 Å². The highest BCUT2D eigenvalue weighted by Gasteiger charge is 2.27. The van der Waals surface area contributed by atoms with E-state index in [1.807, 2.05) is 28.1 Å². The standard InChI is InChI=1S/C9H18N4/c1-7-10-8(11-13(7)6)9(2,3)12(4)5/h1-6H3. The van der Waals surface area contributed by atoms with Crippen LogP contribution in [0, 0.1) is 6.92 Å². The molecule has 0 aliphatic heterocycles.